The molecule has 29 heavy (non-hydrogen) atoms. The van der Waals surface area contributed by atoms with Crippen molar-refractivity contribution in [2.75, 3.05) is 17.2 Å². The predicted octanol–water partition coefficient (Wildman–Crippen LogP) is 4.61. The zero-order chi connectivity index (χ0) is 19.8. The van der Waals surface area contributed by atoms with Crippen molar-refractivity contribution in [2.24, 2.45) is 0 Å². The molecule has 0 fully saturated rings. The Morgan fingerprint density at radius 3 is 2.93 bits per heavy atom. The van der Waals surface area contributed by atoms with Gasteiger partial charge in [-0.1, -0.05) is 36.0 Å². The molecule has 0 atom stereocenters. The standard InChI is InChI=1S/C23H20N4OS/c1-15-6-8-18-19(12-15)26-23(25-18)17-7-9-21(24-13-17)29-14-22(28)27-11-10-16-4-2-3-5-20(16)27/h2-9,12-13H,10-11,14H2,1H3,(H,25,26). The van der Waals surface area contributed by atoms with Gasteiger partial charge in [0.05, 0.1) is 21.8 Å². The van der Waals surface area contributed by atoms with Crippen molar-refractivity contribution in [1.82, 2.24) is 15.0 Å². The maximum absolute atomic E-state index is 12.7. The fourth-order valence-corrected chi connectivity index (χ4v) is 4.40. The second-order valence-corrected chi connectivity index (χ2v) is 8.20. The number of nitrogens with zero attached hydrogens (tertiary/aromatic N) is 3. The molecule has 0 spiro atoms. The van der Waals surface area contributed by atoms with E-state index in [1.54, 1.807) is 0 Å². The molecule has 2 aromatic heterocycles. The number of anilines is 1. The van der Waals surface area contributed by atoms with Crippen LogP contribution in [0, 0.1) is 6.92 Å². The van der Waals surface area contributed by atoms with Gasteiger partial charge in [-0.3, -0.25) is 4.79 Å². The molecule has 5 nitrogen and oxygen atoms in total. The average Bonchev–Trinajstić information content (AvgIpc) is 3.36. The van der Waals surface area contributed by atoms with E-state index in [4.69, 9.17) is 0 Å². The normalized spacial score (nSPS) is 13.1. The van der Waals surface area contributed by atoms with E-state index in [9.17, 15) is 4.79 Å². The first kappa shape index (κ1) is 17.9. The predicted molar refractivity (Wildman–Crippen MR) is 117 cm³/mol. The third-order valence-corrected chi connectivity index (χ3v) is 6.11. The van der Waals surface area contributed by atoms with Crippen molar-refractivity contribution in [3.63, 3.8) is 0 Å². The number of carbonyl (C=O) groups is 1. The minimum Gasteiger partial charge on any atom is -0.338 e. The van der Waals surface area contributed by atoms with Crippen molar-refractivity contribution in [2.45, 2.75) is 18.4 Å². The number of carbonyl (C=O) groups excluding carboxylic acids is 1. The van der Waals surface area contributed by atoms with Crippen molar-refractivity contribution in [1.29, 1.82) is 0 Å². The Hall–Kier alpha value is -3.12. The lowest BCUT2D eigenvalue weighted by atomic mass is 10.2. The van der Waals surface area contributed by atoms with Gasteiger partial charge in [-0.2, -0.15) is 0 Å². The van der Waals surface area contributed by atoms with E-state index >= 15 is 0 Å². The van der Waals surface area contributed by atoms with Crippen LogP contribution in [0.25, 0.3) is 22.4 Å². The minimum atomic E-state index is 0.124. The molecule has 2 aromatic carbocycles. The van der Waals surface area contributed by atoms with Crippen molar-refractivity contribution >= 4 is 34.4 Å². The number of aromatic amines is 1. The summed E-state index contributed by atoms with van der Waals surface area (Å²) >= 11 is 1.47. The fraction of sp³-hybridized carbons (Fsp3) is 0.174. The van der Waals surface area contributed by atoms with Gasteiger partial charge in [0.1, 0.15) is 5.82 Å². The number of rotatable bonds is 4. The molecule has 1 aliphatic heterocycles. The summed E-state index contributed by atoms with van der Waals surface area (Å²) in [6.45, 7) is 2.83. The molecule has 0 bridgehead atoms. The number of benzene rings is 2. The van der Waals surface area contributed by atoms with Crippen LogP contribution >= 0.6 is 11.8 Å². The van der Waals surface area contributed by atoms with Gasteiger partial charge in [-0.25, -0.2) is 9.97 Å². The first-order valence-corrected chi connectivity index (χ1v) is 10.6. The Morgan fingerprint density at radius 2 is 2.07 bits per heavy atom. The minimum absolute atomic E-state index is 0.124. The quantitative estimate of drug-likeness (QED) is 0.508. The van der Waals surface area contributed by atoms with Crippen LogP contribution in [-0.4, -0.2) is 33.2 Å². The number of aromatic nitrogens is 3. The van der Waals surface area contributed by atoms with E-state index in [0.29, 0.717) is 5.75 Å². The number of aryl methyl sites for hydroxylation is 1. The smallest absolute Gasteiger partial charge is 0.237 e. The molecule has 1 N–H and O–H groups in total. The molecule has 0 aliphatic carbocycles. The summed E-state index contributed by atoms with van der Waals surface area (Å²) in [5.74, 6) is 1.31. The SMILES string of the molecule is Cc1ccc2nc(-c3ccc(SCC(=O)N4CCc5ccccc54)nc3)[nH]c2c1. The maximum Gasteiger partial charge on any atom is 0.237 e. The van der Waals surface area contributed by atoms with Gasteiger partial charge >= 0.3 is 0 Å². The first-order valence-electron chi connectivity index (χ1n) is 9.61. The molecular formula is C23H20N4OS. The number of pyridine rings is 1. The Bertz CT molecular complexity index is 1200. The van der Waals surface area contributed by atoms with Crippen molar-refractivity contribution in [3.8, 4) is 11.4 Å². The number of hydrogen-bond acceptors (Lipinski definition) is 4. The monoisotopic (exact) mass is 400 g/mol. The molecule has 5 rings (SSSR count). The number of H-pyrrole nitrogens is 1. The highest BCUT2D eigenvalue weighted by Gasteiger charge is 2.24. The van der Waals surface area contributed by atoms with E-state index in [-0.39, 0.29) is 5.91 Å². The van der Waals surface area contributed by atoms with Crippen LogP contribution in [-0.2, 0) is 11.2 Å². The summed E-state index contributed by atoms with van der Waals surface area (Å²) in [6, 6.07) is 18.2. The third kappa shape index (κ3) is 3.51. The number of hydrogen-bond donors (Lipinski definition) is 1. The Balaban J connectivity index is 1.26. The summed E-state index contributed by atoms with van der Waals surface area (Å²) < 4.78 is 0. The lowest BCUT2D eigenvalue weighted by Crippen LogP contribution is -2.30. The summed E-state index contributed by atoms with van der Waals surface area (Å²) in [4.78, 5) is 27.0. The molecule has 0 unspecified atom stereocenters. The molecule has 1 aliphatic rings. The first-order chi connectivity index (χ1) is 14.2. The van der Waals surface area contributed by atoms with Gasteiger partial charge in [0, 0.05) is 24.0 Å². The van der Waals surface area contributed by atoms with Crippen LogP contribution in [0.1, 0.15) is 11.1 Å². The molecule has 6 heteroatoms. The van der Waals surface area contributed by atoms with Gasteiger partial charge < -0.3 is 9.88 Å². The van der Waals surface area contributed by atoms with E-state index in [0.717, 1.165) is 46.1 Å². The van der Waals surface area contributed by atoms with E-state index in [2.05, 4.69) is 40.1 Å². The third-order valence-electron chi connectivity index (χ3n) is 5.18. The molecule has 3 heterocycles. The molecule has 4 aromatic rings. The summed E-state index contributed by atoms with van der Waals surface area (Å²) in [7, 11) is 0. The van der Waals surface area contributed by atoms with Crippen LogP contribution in [0.2, 0.25) is 0 Å². The van der Waals surface area contributed by atoms with Gasteiger partial charge in [0.25, 0.3) is 0 Å². The van der Waals surface area contributed by atoms with E-state index in [1.165, 1.54) is 22.9 Å². The van der Waals surface area contributed by atoms with Crippen LogP contribution in [0.4, 0.5) is 5.69 Å². The highest BCUT2D eigenvalue weighted by Crippen LogP contribution is 2.29. The number of nitrogens with one attached hydrogen (secondary N) is 1. The van der Waals surface area contributed by atoms with Gasteiger partial charge in [-0.15, -0.1) is 0 Å². The molecular weight excluding hydrogens is 380 g/mol. The van der Waals surface area contributed by atoms with Gasteiger partial charge in [0.2, 0.25) is 5.91 Å². The molecule has 0 saturated carbocycles. The number of imidazole rings is 1. The van der Waals surface area contributed by atoms with Crippen LogP contribution in [0.5, 0.6) is 0 Å². The van der Waals surface area contributed by atoms with Crippen LogP contribution in [0.3, 0.4) is 0 Å². The van der Waals surface area contributed by atoms with E-state index in [1.807, 2.05) is 47.5 Å². The lowest BCUT2D eigenvalue weighted by molar-refractivity contribution is -0.116. The van der Waals surface area contributed by atoms with Gasteiger partial charge in [-0.05, 0) is 54.8 Å². The van der Waals surface area contributed by atoms with Crippen molar-refractivity contribution < 1.29 is 4.79 Å². The lowest BCUT2D eigenvalue weighted by Gasteiger charge is -2.16. The molecule has 1 amide bonds. The summed E-state index contributed by atoms with van der Waals surface area (Å²) in [6.07, 6.45) is 2.74. The number of fused-ring (bicyclic) bond motifs is 2. The molecule has 0 saturated heterocycles. The highest BCUT2D eigenvalue weighted by molar-refractivity contribution is 7.99. The second kappa shape index (κ2) is 7.37. The number of thioether (sulfide) groups is 1. The highest BCUT2D eigenvalue weighted by atomic mass is 32.2. The Labute approximate surface area is 173 Å². The van der Waals surface area contributed by atoms with Crippen LogP contribution < -0.4 is 4.90 Å². The number of amides is 1. The maximum atomic E-state index is 12.7. The fourth-order valence-electron chi connectivity index (χ4n) is 3.68. The Kier molecular flexibility index (Phi) is 4.56. The topological polar surface area (TPSA) is 61.9 Å². The summed E-state index contributed by atoms with van der Waals surface area (Å²) in [5.41, 5.74) is 6.39. The number of para-hydroxylation sites is 1. The van der Waals surface area contributed by atoms with E-state index < -0.39 is 0 Å². The van der Waals surface area contributed by atoms with Gasteiger partial charge in [0.15, 0.2) is 0 Å². The molecule has 144 valence electrons. The van der Waals surface area contributed by atoms with Crippen LogP contribution in [0.15, 0.2) is 65.8 Å². The Morgan fingerprint density at radius 1 is 1.17 bits per heavy atom. The molecule has 0 radical (unpaired) electrons. The zero-order valence-electron chi connectivity index (χ0n) is 16.1. The average molecular weight is 401 g/mol. The largest absolute Gasteiger partial charge is 0.338 e. The zero-order valence-corrected chi connectivity index (χ0v) is 16.9. The van der Waals surface area contributed by atoms with Crippen molar-refractivity contribution in [3.05, 3.63) is 71.9 Å². The second-order valence-electron chi connectivity index (χ2n) is 7.20. The summed E-state index contributed by atoms with van der Waals surface area (Å²) in [5, 5.41) is 0.835.